The molecule has 0 unspecified atom stereocenters. The van der Waals surface area contributed by atoms with E-state index in [1.54, 1.807) is 0 Å². The summed E-state index contributed by atoms with van der Waals surface area (Å²) in [6.45, 7) is 5.25. The summed E-state index contributed by atoms with van der Waals surface area (Å²) < 4.78 is 11.9. The van der Waals surface area contributed by atoms with Gasteiger partial charge in [0.05, 0.1) is 25.3 Å². The summed E-state index contributed by atoms with van der Waals surface area (Å²) in [5.41, 5.74) is 1.80. The van der Waals surface area contributed by atoms with Crippen molar-refractivity contribution in [1.82, 2.24) is 0 Å². The second-order valence-electron chi connectivity index (χ2n) is 9.65. The van der Waals surface area contributed by atoms with E-state index in [1.165, 1.54) is 24.8 Å². The summed E-state index contributed by atoms with van der Waals surface area (Å²) in [4.78, 5) is 12.6. The highest BCUT2D eigenvalue weighted by Gasteiger charge is 2.65. The predicted molar refractivity (Wildman–Crippen MR) is 102 cm³/mol. The molecule has 146 valence electrons. The Balaban J connectivity index is 1.22. The van der Waals surface area contributed by atoms with E-state index in [-0.39, 0.29) is 23.6 Å². The molecule has 2 saturated carbocycles. The molecule has 2 aliphatic carbocycles. The van der Waals surface area contributed by atoms with Crippen LogP contribution in [0.25, 0.3) is 0 Å². The maximum Gasteiger partial charge on any atom is 0.315 e. The van der Waals surface area contributed by atoms with E-state index >= 15 is 0 Å². The number of rotatable bonds is 5. The number of hydrogen-bond donors (Lipinski definition) is 1. The Hall–Kier alpha value is -1.39. The van der Waals surface area contributed by atoms with Gasteiger partial charge in [0.15, 0.2) is 0 Å². The van der Waals surface area contributed by atoms with Crippen LogP contribution >= 0.6 is 0 Å². The zero-order valence-electron chi connectivity index (χ0n) is 16.4. The lowest BCUT2D eigenvalue weighted by atomic mass is 9.53. The first-order chi connectivity index (χ1) is 13.1. The van der Waals surface area contributed by atoms with Gasteiger partial charge in [-0.1, -0.05) is 37.3 Å². The number of nitrogens with two attached hydrogens (primary N) is 1. The summed E-state index contributed by atoms with van der Waals surface area (Å²) in [7, 11) is 0. The first-order valence-electron chi connectivity index (χ1n) is 10.8. The third kappa shape index (κ3) is 3.11. The lowest BCUT2D eigenvalue weighted by Gasteiger charge is -2.51. The maximum atomic E-state index is 12.6. The summed E-state index contributed by atoms with van der Waals surface area (Å²) in [6.07, 6.45) is 7.08. The van der Waals surface area contributed by atoms with Crippen molar-refractivity contribution in [1.29, 1.82) is 0 Å². The monoisotopic (exact) mass is 370 g/mol. The average Bonchev–Trinajstić information content (AvgIpc) is 3.36. The number of fused-ring (bicyclic) bond motifs is 3. The van der Waals surface area contributed by atoms with Gasteiger partial charge in [-0.15, -0.1) is 0 Å². The number of benzene rings is 1. The Kier molecular flexibility index (Phi) is 4.32. The molecule has 4 nitrogen and oxygen atoms in total. The molecule has 1 spiro atoms. The molecule has 1 aromatic rings. The van der Waals surface area contributed by atoms with Gasteiger partial charge < -0.3 is 14.8 Å². The van der Waals surface area contributed by atoms with Gasteiger partial charge in [0.1, 0.15) is 12.0 Å². The van der Waals surface area contributed by atoms with Gasteiger partial charge in [-0.05, 0) is 49.0 Å². The first kappa shape index (κ1) is 17.7. The van der Waals surface area contributed by atoms with E-state index in [9.17, 15) is 4.79 Å². The highest BCUT2D eigenvalue weighted by atomic mass is 16.6. The Morgan fingerprint density at radius 3 is 2.81 bits per heavy atom. The fraction of sp³-hybridized carbons (Fsp3) is 0.696. The molecule has 5 rings (SSSR count). The zero-order valence-corrected chi connectivity index (χ0v) is 16.4. The van der Waals surface area contributed by atoms with Crippen LogP contribution in [0.15, 0.2) is 30.3 Å². The molecule has 0 amide bonds. The van der Waals surface area contributed by atoms with Crippen molar-refractivity contribution >= 4 is 5.97 Å². The van der Waals surface area contributed by atoms with Crippen LogP contribution in [0.1, 0.15) is 44.6 Å². The maximum absolute atomic E-state index is 12.6. The van der Waals surface area contributed by atoms with E-state index in [0.717, 1.165) is 39.0 Å². The molecule has 4 aliphatic rings. The summed E-state index contributed by atoms with van der Waals surface area (Å²) >= 11 is 0. The van der Waals surface area contributed by atoms with Gasteiger partial charge in [-0.2, -0.15) is 0 Å². The normalized spacial score (nSPS) is 42.5. The van der Waals surface area contributed by atoms with Crippen LogP contribution in [0.5, 0.6) is 0 Å². The summed E-state index contributed by atoms with van der Waals surface area (Å²) in [5, 5.41) is 2.32. The van der Waals surface area contributed by atoms with Crippen molar-refractivity contribution < 1.29 is 19.6 Å². The zero-order chi connectivity index (χ0) is 18.5. The third-order valence-corrected chi connectivity index (χ3v) is 7.98. The molecule has 0 aromatic heterocycles. The molecule has 4 heteroatoms. The SMILES string of the molecule is C[C@]12CCC[C@]3(CO3)[C@H]1C[C@@H]1[C@H](C[NH2+]CCc3ccccc3)C(=O)O[C@@H]1C2. The van der Waals surface area contributed by atoms with E-state index in [1.807, 2.05) is 0 Å². The Morgan fingerprint density at radius 2 is 2.04 bits per heavy atom. The molecule has 4 fully saturated rings. The second kappa shape index (κ2) is 6.59. The molecular weight excluding hydrogens is 338 g/mol. The quantitative estimate of drug-likeness (QED) is 0.492. The second-order valence-corrected chi connectivity index (χ2v) is 9.65. The van der Waals surface area contributed by atoms with Crippen molar-refractivity contribution in [3.8, 4) is 0 Å². The molecule has 0 bridgehead atoms. The topological polar surface area (TPSA) is 55.4 Å². The number of esters is 1. The van der Waals surface area contributed by atoms with Crippen molar-refractivity contribution in [2.24, 2.45) is 23.2 Å². The van der Waals surface area contributed by atoms with Crippen molar-refractivity contribution in [3.05, 3.63) is 35.9 Å². The van der Waals surface area contributed by atoms with Gasteiger partial charge in [0.25, 0.3) is 0 Å². The van der Waals surface area contributed by atoms with Crippen LogP contribution in [0.4, 0.5) is 0 Å². The van der Waals surface area contributed by atoms with E-state index in [2.05, 4.69) is 42.6 Å². The minimum Gasteiger partial charge on any atom is -0.462 e. The van der Waals surface area contributed by atoms with Crippen molar-refractivity contribution in [3.63, 3.8) is 0 Å². The fourth-order valence-corrected chi connectivity index (χ4v) is 6.44. The van der Waals surface area contributed by atoms with Gasteiger partial charge >= 0.3 is 5.97 Å². The number of ether oxygens (including phenoxy) is 2. The lowest BCUT2D eigenvalue weighted by Crippen LogP contribution is -2.86. The fourth-order valence-electron chi connectivity index (χ4n) is 6.44. The molecule has 27 heavy (non-hydrogen) atoms. The number of carbonyl (C=O) groups excluding carboxylic acids is 1. The van der Waals surface area contributed by atoms with E-state index in [0.29, 0.717) is 17.3 Å². The lowest BCUT2D eigenvalue weighted by molar-refractivity contribution is -0.658. The summed E-state index contributed by atoms with van der Waals surface area (Å²) in [6, 6.07) is 10.6. The smallest absolute Gasteiger partial charge is 0.315 e. The average molecular weight is 371 g/mol. The molecule has 1 aromatic carbocycles. The molecule has 2 heterocycles. The molecule has 2 N–H and O–H groups in total. The number of hydrogen-bond acceptors (Lipinski definition) is 3. The van der Waals surface area contributed by atoms with Crippen LogP contribution < -0.4 is 5.32 Å². The van der Waals surface area contributed by atoms with Crippen LogP contribution in [0.2, 0.25) is 0 Å². The van der Waals surface area contributed by atoms with Gasteiger partial charge in [-0.3, -0.25) is 4.79 Å². The first-order valence-corrected chi connectivity index (χ1v) is 10.8. The van der Waals surface area contributed by atoms with E-state index < -0.39 is 0 Å². The number of epoxide rings is 1. The molecule has 6 atom stereocenters. The molecular formula is C23H32NO3+. The van der Waals surface area contributed by atoms with Crippen LogP contribution in [0.3, 0.4) is 0 Å². The third-order valence-electron chi connectivity index (χ3n) is 7.98. The van der Waals surface area contributed by atoms with Crippen LogP contribution in [-0.4, -0.2) is 37.4 Å². The van der Waals surface area contributed by atoms with Crippen LogP contribution in [-0.2, 0) is 20.7 Å². The predicted octanol–water partition coefficient (Wildman–Crippen LogP) is 2.32. The molecule has 2 saturated heterocycles. The van der Waals surface area contributed by atoms with E-state index in [4.69, 9.17) is 9.47 Å². The largest absolute Gasteiger partial charge is 0.462 e. The van der Waals surface area contributed by atoms with Gasteiger partial charge in [0.2, 0.25) is 0 Å². The van der Waals surface area contributed by atoms with Crippen molar-refractivity contribution in [2.45, 2.75) is 57.2 Å². The van der Waals surface area contributed by atoms with Crippen LogP contribution in [0, 0.1) is 23.2 Å². The number of carbonyl (C=O) groups is 1. The minimum atomic E-state index is 0.0500. The standard InChI is InChI=1S/C23H31NO3/c1-22-9-5-10-23(15-26-23)20(22)12-17-18(21(25)27-19(17)13-22)14-24-11-8-16-6-3-2-4-7-16/h2-4,6-7,17-20,24H,5,8-15H2,1H3/p+1/t17-,18+,19-,20+,22-,23+/m1/s1. The molecule has 2 aliphatic heterocycles. The van der Waals surface area contributed by atoms with Gasteiger partial charge in [0, 0.05) is 12.3 Å². The Labute approximate surface area is 162 Å². The highest BCUT2D eigenvalue weighted by Crippen LogP contribution is 2.62. The summed E-state index contributed by atoms with van der Waals surface area (Å²) in [5.74, 6) is 1.12. The minimum absolute atomic E-state index is 0.0500. The molecule has 0 radical (unpaired) electrons. The van der Waals surface area contributed by atoms with Crippen molar-refractivity contribution in [2.75, 3.05) is 19.7 Å². The number of quaternary nitrogens is 1. The Bertz CT molecular complexity index is 701. The highest BCUT2D eigenvalue weighted by molar-refractivity contribution is 5.75. The Morgan fingerprint density at radius 1 is 1.22 bits per heavy atom. The van der Waals surface area contributed by atoms with Gasteiger partial charge in [-0.25, -0.2) is 0 Å².